The van der Waals surface area contributed by atoms with E-state index < -0.39 is 18.0 Å². The highest BCUT2D eigenvalue weighted by atomic mass is 16.6. The maximum absolute atomic E-state index is 12.9. The smallest absolute Gasteiger partial charge is 0.345 e. The van der Waals surface area contributed by atoms with Crippen molar-refractivity contribution in [2.24, 2.45) is 0 Å². The first kappa shape index (κ1) is 21.7. The second kappa shape index (κ2) is 10.7. The lowest BCUT2D eigenvalue weighted by Crippen LogP contribution is -2.28. The van der Waals surface area contributed by atoms with Gasteiger partial charge in [-0.2, -0.15) is 0 Å². The molecule has 0 aliphatic rings. The van der Waals surface area contributed by atoms with Crippen LogP contribution in [0.1, 0.15) is 11.7 Å². The number of ether oxygens (including phenoxy) is 4. The van der Waals surface area contributed by atoms with Gasteiger partial charge < -0.3 is 24.3 Å². The van der Waals surface area contributed by atoms with E-state index in [1.807, 2.05) is 6.07 Å². The lowest BCUT2D eigenvalue weighted by molar-refractivity contribution is -0.156. The average molecular weight is 421 g/mol. The Morgan fingerprint density at radius 1 is 0.839 bits per heavy atom. The number of para-hydroxylation sites is 2. The molecule has 0 spiro atoms. The molecular formula is C24H23NO6. The van der Waals surface area contributed by atoms with Gasteiger partial charge in [0.2, 0.25) is 6.10 Å². The number of methoxy groups -OCH3 is 2. The Hall–Kier alpha value is -4.00. The van der Waals surface area contributed by atoms with Crippen LogP contribution >= 0.6 is 0 Å². The van der Waals surface area contributed by atoms with Gasteiger partial charge in [-0.1, -0.05) is 48.5 Å². The second-order valence-corrected chi connectivity index (χ2v) is 6.44. The van der Waals surface area contributed by atoms with Crippen molar-refractivity contribution in [3.05, 3.63) is 84.4 Å². The number of hydrogen-bond acceptors (Lipinski definition) is 6. The predicted molar refractivity (Wildman–Crippen MR) is 115 cm³/mol. The Labute approximate surface area is 180 Å². The SMILES string of the molecule is COc1cccc(NC(=O)C(OC(=O)COc2ccccc2OC)c2ccccc2)c1. The third kappa shape index (κ3) is 5.99. The molecule has 31 heavy (non-hydrogen) atoms. The highest BCUT2D eigenvalue weighted by Crippen LogP contribution is 2.26. The zero-order valence-electron chi connectivity index (χ0n) is 17.2. The van der Waals surface area contributed by atoms with E-state index in [-0.39, 0.29) is 6.61 Å². The number of nitrogens with one attached hydrogen (secondary N) is 1. The van der Waals surface area contributed by atoms with Gasteiger partial charge in [-0.25, -0.2) is 4.79 Å². The molecule has 0 aromatic heterocycles. The van der Waals surface area contributed by atoms with E-state index >= 15 is 0 Å². The van der Waals surface area contributed by atoms with Gasteiger partial charge in [0, 0.05) is 17.3 Å². The minimum absolute atomic E-state index is 0.379. The van der Waals surface area contributed by atoms with Crippen molar-refractivity contribution in [1.29, 1.82) is 0 Å². The van der Waals surface area contributed by atoms with Gasteiger partial charge in [-0.15, -0.1) is 0 Å². The third-order valence-corrected chi connectivity index (χ3v) is 4.34. The van der Waals surface area contributed by atoms with E-state index in [2.05, 4.69) is 5.32 Å². The molecule has 1 unspecified atom stereocenters. The number of carbonyl (C=O) groups excluding carboxylic acids is 2. The molecule has 160 valence electrons. The normalized spacial score (nSPS) is 11.2. The molecule has 3 aromatic carbocycles. The highest BCUT2D eigenvalue weighted by molar-refractivity contribution is 5.96. The molecule has 0 saturated heterocycles. The summed E-state index contributed by atoms with van der Waals surface area (Å²) in [5.74, 6) is 0.298. The second-order valence-electron chi connectivity index (χ2n) is 6.44. The van der Waals surface area contributed by atoms with Crippen LogP contribution in [0.2, 0.25) is 0 Å². The van der Waals surface area contributed by atoms with Crippen LogP contribution < -0.4 is 19.5 Å². The van der Waals surface area contributed by atoms with Crippen molar-refractivity contribution in [3.8, 4) is 17.2 Å². The maximum atomic E-state index is 12.9. The van der Waals surface area contributed by atoms with Gasteiger partial charge in [-0.05, 0) is 24.3 Å². The molecule has 1 atom stereocenters. The number of benzene rings is 3. The lowest BCUT2D eigenvalue weighted by atomic mass is 10.1. The minimum Gasteiger partial charge on any atom is -0.497 e. The Balaban J connectivity index is 1.71. The van der Waals surface area contributed by atoms with Crippen molar-refractivity contribution in [3.63, 3.8) is 0 Å². The summed E-state index contributed by atoms with van der Waals surface area (Å²) in [7, 11) is 3.05. The molecule has 3 rings (SSSR count). The number of amides is 1. The largest absolute Gasteiger partial charge is 0.497 e. The molecule has 0 fully saturated rings. The highest BCUT2D eigenvalue weighted by Gasteiger charge is 2.25. The Morgan fingerprint density at radius 3 is 2.26 bits per heavy atom. The molecule has 0 radical (unpaired) electrons. The van der Waals surface area contributed by atoms with Gasteiger partial charge in [0.05, 0.1) is 14.2 Å². The summed E-state index contributed by atoms with van der Waals surface area (Å²) in [6.45, 7) is -0.379. The van der Waals surface area contributed by atoms with Crippen LogP contribution in [0.15, 0.2) is 78.9 Å². The Bertz CT molecular complexity index is 1020. The van der Waals surface area contributed by atoms with Crippen LogP contribution in [0.5, 0.6) is 17.2 Å². The number of rotatable bonds is 9. The molecule has 0 heterocycles. The van der Waals surface area contributed by atoms with E-state index in [0.717, 1.165) is 0 Å². The van der Waals surface area contributed by atoms with Crippen LogP contribution in [0.25, 0.3) is 0 Å². The van der Waals surface area contributed by atoms with E-state index in [1.54, 1.807) is 72.8 Å². The minimum atomic E-state index is -1.15. The summed E-state index contributed by atoms with van der Waals surface area (Å²) in [5.41, 5.74) is 1.06. The fourth-order valence-electron chi connectivity index (χ4n) is 2.85. The molecule has 7 nitrogen and oxygen atoms in total. The van der Waals surface area contributed by atoms with Gasteiger partial charge >= 0.3 is 5.97 Å². The Morgan fingerprint density at radius 2 is 1.55 bits per heavy atom. The molecule has 0 saturated carbocycles. The van der Waals surface area contributed by atoms with Gasteiger partial charge in [0.25, 0.3) is 5.91 Å². The molecule has 0 aliphatic carbocycles. The average Bonchev–Trinajstić information content (AvgIpc) is 2.82. The summed E-state index contributed by atoms with van der Waals surface area (Å²) >= 11 is 0. The number of carbonyl (C=O) groups is 2. The van der Waals surface area contributed by atoms with Crippen LogP contribution in [0.4, 0.5) is 5.69 Å². The first-order valence-corrected chi connectivity index (χ1v) is 9.56. The summed E-state index contributed by atoms with van der Waals surface area (Å²) in [6.07, 6.45) is -1.15. The first-order chi connectivity index (χ1) is 15.1. The van der Waals surface area contributed by atoms with Crippen molar-refractivity contribution in [2.45, 2.75) is 6.10 Å². The van der Waals surface area contributed by atoms with Crippen LogP contribution in [0, 0.1) is 0 Å². The molecule has 7 heteroatoms. The monoisotopic (exact) mass is 421 g/mol. The van der Waals surface area contributed by atoms with E-state index in [9.17, 15) is 9.59 Å². The molecule has 0 bridgehead atoms. The van der Waals surface area contributed by atoms with Gasteiger partial charge in [0.15, 0.2) is 18.1 Å². The molecule has 0 aliphatic heterocycles. The quantitative estimate of drug-likeness (QED) is 0.526. The van der Waals surface area contributed by atoms with Gasteiger partial charge in [-0.3, -0.25) is 4.79 Å². The summed E-state index contributed by atoms with van der Waals surface area (Å²) in [5, 5.41) is 2.76. The standard InChI is InChI=1S/C24H23NO6/c1-28-19-12-8-11-18(15-19)25-24(27)23(17-9-4-3-5-10-17)31-22(26)16-30-21-14-7-6-13-20(21)29-2/h3-15,23H,16H2,1-2H3,(H,25,27). The zero-order valence-corrected chi connectivity index (χ0v) is 17.2. The first-order valence-electron chi connectivity index (χ1n) is 9.56. The van der Waals surface area contributed by atoms with Crippen molar-refractivity contribution < 1.29 is 28.5 Å². The summed E-state index contributed by atoms with van der Waals surface area (Å²) in [6, 6.07) is 22.6. The maximum Gasteiger partial charge on any atom is 0.345 e. The van der Waals surface area contributed by atoms with Crippen molar-refractivity contribution in [1.82, 2.24) is 0 Å². The van der Waals surface area contributed by atoms with E-state index in [0.29, 0.717) is 28.5 Å². The van der Waals surface area contributed by atoms with Crippen molar-refractivity contribution >= 4 is 17.6 Å². The van der Waals surface area contributed by atoms with E-state index in [1.165, 1.54) is 14.2 Å². The van der Waals surface area contributed by atoms with Crippen molar-refractivity contribution in [2.75, 3.05) is 26.1 Å². The fraction of sp³-hybridized carbons (Fsp3) is 0.167. The summed E-state index contributed by atoms with van der Waals surface area (Å²) in [4.78, 5) is 25.4. The topological polar surface area (TPSA) is 83.1 Å². The van der Waals surface area contributed by atoms with Gasteiger partial charge in [0.1, 0.15) is 5.75 Å². The molecular weight excluding hydrogens is 398 g/mol. The number of anilines is 1. The number of esters is 1. The van der Waals surface area contributed by atoms with Crippen LogP contribution in [-0.4, -0.2) is 32.7 Å². The number of hydrogen-bond donors (Lipinski definition) is 1. The molecule has 1 N–H and O–H groups in total. The molecule has 1 amide bonds. The fourth-order valence-corrected chi connectivity index (χ4v) is 2.85. The zero-order chi connectivity index (χ0) is 22.1. The van der Waals surface area contributed by atoms with Crippen LogP contribution in [0.3, 0.4) is 0 Å². The van der Waals surface area contributed by atoms with E-state index in [4.69, 9.17) is 18.9 Å². The predicted octanol–water partition coefficient (Wildman–Crippen LogP) is 4.01. The lowest BCUT2D eigenvalue weighted by Gasteiger charge is -2.18. The molecule has 3 aromatic rings. The third-order valence-electron chi connectivity index (χ3n) is 4.34. The summed E-state index contributed by atoms with van der Waals surface area (Å²) < 4.78 is 21.4. The Kier molecular flexibility index (Phi) is 7.48. The van der Waals surface area contributed by atoms with Crippen LogP contribution in [-0.2, 0) is 14.3 Å².